The van der Waals surface area contributed by atoms with Crippen LogP contribution < -0.4 is 5.56 Å². The molecule has 0 aliphatic carbocycles. The third-order valence-corrected chi connectivity index (χ3v) is 4.82. The molecule has 2 aromatic carbocycles. The van der Waals surface area contributed by atoms with Crippen molar-refractivity contribution in [1.29, 1.82) is 0 Å². The number of benzene rings is 2. The van der Waals surface area contributed by atoms with E-state index in [0.717, 1.165) is 11.3 Å². The maximum absolute atomic E-state index is 13.4. The van der Waals surface area contributed by atoms with Crippen LogP contribution in [0.5, 0.6) is 5.75 Å². The second-order valence-electron chi connectivity index (χ2n) is 7.68. The van der Waals surface area contributed by atoms with Gasteiger partial charge in [-0.05, 0) is 37.1 Å². The molecule has 0 spiro atoms. The SMILES string of the molecule is Cc1ccc(-n2c(C(C)C)nc3c(C(O)C(C)C)c(O)ccc3c2=O)cc1. The minimum Gasteiger partial charge on any atom is -0.507 e. The average Bonchev–Trinajstić information content (AvgIpc) is 2.61. The van der Waals surface area contributed by atoms with Crippen LogP contribution in [0.1, 0.15) is 56.7 Å². The maximum atomic E-state index is 13.4. The van der Waals surface area contributed by atoms with E-state index in [1.165, 1.54) is 6.07 Å². The molecule has 5 heteroatoms. The highest BCUT2D eigenvalue weighted by atomic mass is 16.3. The predicted octanol–water partition coefficient (Wildman–Crippen LogP) is 4.21. The highest BCUT2D eigenvalue weighted by molar-refractivity contribution is 5.84. The van der Waals surface area contributed by atoms with E-state index in [1.54, 1.807) is 10.6 Å². The number of aryl methyl sites for hydroxylation is 1. The molecule has 1 aromatic heterocycles. The van der Waals surface area contributed by atoms with Crippen LogP contribution in [0.25, 0.3) is 16.6 Å². The normalized spacial score (nSPS) is 12.9. The van der Waals surface area contributed by atoms with Gasteiger partial charge >= 0.3 is 0 Å². The lowest BCUT2D eigenvalue weighted by atomic mass is 9.95. The number of phenols is 1. The standard InChI is InChI=1S/C22H26N2O3/c1-12(2)20(26)18-17(25)11-10-16-19(18)23-21(13(3)4)24(22(16)27)15-8-6-14(5)7-9-15/h6-13,20,25-26H,1-5H3. The van der Waals surface area contributed by atoms with Crippen LogP contribution in [0.4, 0.5) is 0 Å². The molecule has 0 radical (unpaired) electrons. The minimum atomic E-state index is -0.907. The van der Waals surface area contributed by atoms with Gasteiger partial charge in [0.2, 0.25) is 0 Å². The molecule has 0 saturated carbocycles. The summed E-state index contributed by atoms with van der Waals surface area (Å²) in [6.45, 7) is 9.66. The summed E-state index contributed by atoms with van der Waals surface area (Å²) < 4.78 is 1.62. The summed E-state index contributed by atoms with van der Waals surface area (Å²) in [7, 11) is 0. The second-order valence-corrected chi connectivity index (χ2v) is 7.68. The monoisotopic (exact) mass is 366 g/mol. The van der Waals surface area contributed by atoms with E-state index in [4.69, 9.17) is 4.98 Å². The lowest BCUT2D eigenvalue weighted by Gasteiger charge is -2.21. The molecule has 0 fully saturated rings. The quantitative estimate of drug-likeness (QED) is 0.725. The fourth-order valence-electron chi connectivity index (χ4n) is 3.24. The third kappa shape index (κ3) is 3.35. The third-order valence-electron chi connectivity index (χ3n) is 4.82. The smallest absolute Gasteiger partial charge is 0.265 e. The van der Waals surface area contributed by atoms with Gasteiger partial charge in [0.05, 0.1) is 22.7 Å². The molecule has 0 amide bonds. The van der Waals surface area contributed by atoms with Crippen molar-refractivity contribution in [2.45, 2.75) is 46.6 Å². The highest BCUT2D eigenvalue weighted by Gasteiger charge is 2.24. The Hall–Kier alpha value is -2.66. The first-order chi connectivity index (χ1) is 12.7. The Bertz CT molecular complexity index is 1030. The predicted molar refractivity (Wildman–Crippen MR) is 108 cm³/mol. The van der Waals surface area contributed by atoms with Crippen LogP contribution in [-0.4, -0.2) is 19.8 Å². The summed E-state index contributed by atoms with van der Waals surface area (Å²) in [6.07, 6.45) is -0.907. The fourth-order valence-corrected chi connectivity index (χ4v) is 3.24. The van der Waals surface area contributed by atoms with E-state index < -0.39 is 6.10 Å². The largest absolute Gasteiger partial charge is 0.507 e. The van der Waals surface area contributed by atoms with Crippen molar-refractivity contribution in [1.82, 2.24) is 9.55 Å². The Labute approximate surface area is 158 Å². The molecular formula is C22H26N2O3. The molecule has 0 aliphatic rings. The Kier molecular flexibility index (Phi) is 5.07. The Morgan fingerprint density at radius 3 is 2.19 bits per heavy atom. The Morgan fingerprint density at radius 1 is 1.00 bits per heavy atom. The number of hydrogen-bond donors (Lipinski definition) is 2. The molecule has 2 N–H and O–H groups in total. The molecule has 1 unspecified atom stereocenters. The van der Waals surface area contributed by atoms with Crippen molar-refractivity contribution >= 4 is 10.9 Å². The van der Waals surface area contributed by atoms with Crippen molar-refractivity contribution in [3.05, 3.63) is 63.7 Å². The van der Waals surface area contributed by atoms with Crippen molar-refractivity contribution in [2.75, 3.05) is 0 Å². The molecule has 0 aliphatic heterocycles. The lowest BCUT2D eigenvalue weighted by Crippen LogP contribution is -2.25. The molecule has 3 aromatic rings. The number of aliphatic hydroxyl groups excluding tert-OH is 1. The Morgan fingerprint density at radius 2 is 1.63 bits per heavy atom. The summed E-state index contributed by atoms with van der Waals surface area (Å²) >= 11 is 0. The van der Waals surface area contributed by atoms with Gasteiger partial charge < -0.3 is 10.2 Å². The molecule has 0 bridgehead atoms. The first-order valence-electron chi connectivity index (χ1n) is 9.26. The van der Waals surface area contributed by atoms with E-state index in [1.807, 2.05) is 58.9 Å². The van der Waals surface area contributed by atoms with Crippen molar-refractivity contribution in [3.8, 4) is 11.4 Å². The highest BCUT2D eigenvalue weighted by Crippen LogP contribution is 2.34. The number of nitrogens with zero attached hydrogens (tertiary/aromatic N) is 2. The number of aromatic hydroxyl groups is 1. The lowest BCUT2D eigenvalue weighted by molar-refractivity contribution is 0.125. The Balaban J connectivity index is 2.42. The van der Waals surface area contributed by atoms with Crippen molar-refractivity contribution in [3.63, 3.8) is 0 Å². The summed E-state index contributed by atoms with van der Waals surface area (Å²) in [5, 5.41) is 21.3. The molecule has 142 valence electrons. The first kappa shape index (κ1) is 19.1. The number of hydrogen-bond acceptors (Lipinski definition) is 4. The summed E-state index contributed by atoms with van der Waals surface area (Å²) in [6, 6.07) is 10.8. The van der Waals surface area contributed by atoms with Gasteiger partial charge in [0.15, 0.2) is 0 Å². The number of rotatable bonds is 4. The van der Waals surface area contributed by atoms with Crippen molar-refractivity contribution < 1.29 is 10.2 Å². The van der Waals surface area contributed by atoms with Gasteiger partial charge in [-0.2, -0.15) is 0 Å². The number of phenolic OH excluding ortho intramolecular Hbond substituents is 1. The van der Waals surface area contributed by atoms with Crippen LogP contribution in [0.15, 0.2) is 41.2 Å². The molecule has 3 rings (SSSR count). The van der Waals surface area contributed by atoms with E-state index >= 15 is 0 Å². The van der Waals surface area contributed by atoms with Gasteiger partial charge in [-0.15, -0.1) is 0 Å². The minimum absolute atomic E-state index is 0.0187. The number of fused-ring (bicyclic) bond motifs is 1. The van der Waals surface area contributed by atoms with Gasteiger partial charge in [0.25, 0.3) is 5.56 Å². The summed E-state index contributed by atoms with van der Waals surface area (Å²) in [5.41, 5.74) is 2.34. The van der Waals surface area contributed by atoms with Gasteiger partial charge in [-0.25, -0.2) is 4.98 Å². The van der Waals surface area contributed by atoms with E-state index in [2.05, 4.69) is 0 Å². The number of aromatic nitrogens is 2. The zero-order valence-electron chi connectivity index (χ0n) is 16.4. The molecular weight excluding hydrogens is 340 g/mol. The fraction of sp³-hybridized carbons (Fsp3) is 0.364. The van der Waals surface area contributed by atoms with Crippen LogP contribution in [0.3, 0.4) is 0 Å². The van der Waals surface area contributed by atoms with E-state index in [0.29, 0.717) is 22.3 Å². The van der Waals surface area contributed by atoms with Gasteiger partial charge in [0, 0.05) is 11.5 Å². The van der Waals surface area contributed by atoms with Crippen LogP contribution >= 0.6 is 0 Å². The summed E-state index contributed by atoms with van der Waals surface area (Å²) in [4.78, 5) is 18.1. The average molecular weight is 366 g/mol. The van der Waals surface area contributed by atoms with Crippen LogP contribution in [0.2, 0.25) is 0 Å². The molecule has 5 nitrogen and oxygen atoms in total. The first-order valence-corrected chi connectivity index (χ1v) is 9.26. The molecule has 1 atom stereocenters. The van der Waals surface area contributed by atoms with Crippen LogP contribution in [-0.2, 0) is 0 Å². The van der Waals surface area contributed by atoms with Gasteiger partial charge in [-0.1, -0.05) is 45.4 Å². The van der Waals surface area contributed by atoms with E-state index in [9.17, 15) is 15.0 Å². The second kappa shape index (κ2) is 7.16. The maximum Gasteiger partial charge on any atom is 0.265 e. The summed E-state index contributed by atoms with van der Waals surface area (Å²) in [5.74, 6) is 0.415. The molecule has 27 heavy (non-hydrogen) atoms. The zero-order valence-corrected chi connectivity index (χ0v) is 16.4. The molecule has 1 heterocycles. The zero-order chi connectivity index (χ0) is 19.9. The van der Waals surface area contributed by atoms with Gasteiger partial charge in [0.1, 0.15) is 11.6 Å². The van der Waals surface area contributed by atoms with Crippen molar-refractivity contribution in [2.24, 2.45) is 5.92 Å². The van der Waals surface area contributed by atoms with Crippen LogP contribution in [0, 0.1) is 12.8 Å². The number of aliphatic hydroxyl groups is 1. The van der Waals surface area contributed by atoms with E-state index in [-0.39, 0.29) is 23.1 Å². The molecule has 0 saturated heterocycles. The van der Waals surface area contributed by atoms with Gasteiger partial charge in [-0.3, -0.25) is 9.36 Å². The topological polar surface area (TPSA) is 75.3 Å².